The molecule has 0 atom stereocenters. The minimum atomic E-state index is -0.855. The highest BCUT2D eigenvalue weighted by atomic mass is 16.4. The molecule has 0 heterocycles. The van der Waals surface area contributed by atoms with Crippen LogP contribution in [0.2, 0.25) is 0 Å². The third-order valence-corrected chi connectivity index (χ3v) is 2.11. The molecule has 0 fully saturated rings. The summed E-state index contributed by atoms with van der Waals surface area (Å²) in [5.41, 5.74) is 2.69. The van der Waals surface area contributed by atoms with E-state index in [0.717, 1.165) is 18.4 Å². The molecule has 1 aromatic rings. The van der Waals surface area contributed by atoms with E-state index in [2.05, 4.69) is 6.92 Å². The molecule has 2 nitrogen and oxygen atoms in total. The van der Waals surface area contributed by atoms with Gasteiger partial charge in [-0.1, -0.05) is 19.4 Å². The fourth-order valence-electron chi connectivity index (χ4n) is 1.38. The fraction of sp³-hybridized carbons (Fsp3) is 0.364. The molecule has 1 N–H and O–H groups in total. The summed E-state index contributed by atoms with van der Waals surface area (Å²) >= 11 is 0. The maximum atomic E-state index is 10.6. The molecule has 0 saturated heterocycles. The molecule has 2 heteroatoms. The summed E-state index contributed by atoms with van der Waals surface area (Å²) in [6, 6.07) is 5.30. The Hall–Kier alpha value is -1.31. The fourth-order valence-corrected chi connectivity index (χ4v) is 1.38. The second-order valence-electron chi connectivity index (χ2n) is 3.20. The molecular weight excluding hydrogens is 164 g/mol. The number of carboxylic acid groups (broad SMARTS) is 1. The van der Waals surface area contributed by atoms with Gasteiger partial charge in [0.15, 0.2) is 0 Å². The minimum absolute atomic E-state index is 0.373. The van der Waals surface area contributed by atoms with Gasteiger partial charge in [-0.05, 0) is 36.6 Å². The number of benzene rings is 1. The van der Waals surface area contributed by atoms with Gasteiger partial charge in [0, 0.05) is 0 Å². The summed E-state index contributed by atoms with van der Waals surface area (Å²) in [7, 11) is 0. The molecule has 0 aliphatic rings. The van der Waals surface area contributed by atoms with Gasteiger partial charge < -0.3 is 5.11 Å². The summed E-state index contributed by atoms with van der Waals surface area (Å²) < 4.78 is 0. The van der Waals surface area contributed by atoms with Crippen LogP contribution >= 0.6 is 0 Å². The molecule has 0 unspecified atom stereocenters. The SMILES string of the molecule is CCCc1ccc(C(=O)O)cc1C. The van der Waals surface area contributed by atoms with Gasteiger partial charge >= 0.3 is 5.97 Å². The summed E-state index contributed by atoms with van der Waals surface area (Å²) in [5.74, 6) is -0.855. The van der Waals surface area contributed by atoms with Crippen LogP contribution in [0.15, 0.2) is 18.2 Å². The molecule has 1 aromatic carbocycles. The number of aryl methyl sites for hydroxylation is 2. The van der Waals surface area contributed by atoms with Gasteiger partial charge in [0.05, 0.1) is 5.56 Å². The normalized spacial score (nSPS) is 10.0. The third-order valence-electron chi connectivity index (χ3n) is 2.11. The molecule has 0 amide bonds. The first-order valence-corrected chi connectivity index (χ1v) is 4.48. The first kappa shape index (κ1) is 9.78. The lowest BCUT2D eigenvalue weighted by Crippen LogP contribution is -1.98. The van der Waals surface area contributed by atoms with E-state index in [1.165, 1.54) is 5.56 Å². The van der Waals surface area contributed by atoms with Crippen molar-refractivity contribution >= 4 is 5.97 Å². The van der Waals surface area contributed by atoms with Crippen LogP contribution < -0.4 is 0 Å². The molecule has 0 saturated carbocycles. The summed E-state index contributed by atoms with van der Waals surface area (Å²) in [6.45, 7) is 4.07. The smallest absolute Gasteiger partial charge is 0.335 e. The predicted molar refractivity (Wildman–Crippen MR) is 52.1 cm³/mol. The number of hydrogen-bond acceptors (Lipinski definition) is 1. The van der Waals surface area contributed by atoms with Crippen molar-refractivity contribution in [3.05, 3.63) is 34.9 Å². The molecule has 13 heavy (non-hydrogen) atoms. The van der Waals surface area contributed by atoms with Crippen LogP contribution in [0.4, 0.5) is 0 Å². The van der Waals surface area contributed by atoms with Gasteiger partial charge in [-0.2, -0.15) is 0 Å². The van der Waals surface area contributed by atoms with E-state index in [1.54, 1.807) is 12.1 Å². The Bertz CT molecular complexity index is 316. The zero-order valence-corrected chi connectivity index (χ0v) is 8.00. The second-order valence-corrected chi connectivity index (χ2v) is 3.20. The third kappa shape index (κ3) is 2.31. The van der Waals surface area contributed by atoms with Crippen LogP contribution in [0.1, 0.15) is 34.8 Å². The molecule has 0 bridgehead atoms. The maximum Gasteiger partial charge on any atom is 0.335 e. The number of aromatic carboxylic acids is 1. The van der Waals surface area contributed by atoms with E-state index >= 15 is 0 Å². The Kier molecular flexibility index (Phi) is 3.07. The molecular formula is C11H14O2. The molecule has 0 aliphatic carbocycles. The highest BCUT2D eigenvalue weighted by Crippen LogP contribution is 2.12. The number of rotatable bonds is 3. The standard InChI is InChI=1S/C11H14O2/c1-3-4-9-5-6-10(11(12)13)7-8(9)2/h5-7H,3-4H2,1-2H3,(H,12,13). The lowest BCUT2D eigenvalue weighted by molar-refractivity contribution is 0.0697. The van der Waals surface area contributed by atoms with Gasteiger partial charge in [-0.3, -0.25) is 0 Å². The van der Waals surface area contributed by atoms with Crippen molar-refractivity contribution in [3.8, 4) is 0 Å². The Morgan fingerprint density at radius 2 is 2.15 bits per heavy atom. The Balaban J connectivity index is 2.98. The van der Waals surface area contributed by atoms with E-state index < -0.39 is 5.97 Å². The number of carbonyl (C=O) groups is 1. The van der Waals surface area contributed by atoms with Crippen molar-refractivity contribution in [1.82, 2.24) is 0 Å². The Morgan fingerprint density at radius 3 is 2.62 bits per heavy atom. The predicted octanol–water partition coefficient (Wildman–Crippen LogP) is 2.65. The monoisotopic (exact) mass is 178 g/mol. The van der Waals surface area contributed by atoms with Crippen LogP contribution in [0.5, 0.6) is 0 Å². The van der Waals surface area contributed by atoms with Crippen LogP contribution in [0.25, 0.3) is 0 Å². The summed E-state index contributed by atoms with van der Waals surface area (Å²) in [4.78, 5) is 10.6. The van der Waals surface area contributed by atoms with Crippen molar-refractivity contribution < 1.29 is 9.90 Å². The Labute approximate surface area is 78.2 Å². The summed E-state index contributed by atoms with van der Waals surface area (Å²) in [5, 5.41) is 8.73. The van der Waals surface area contributed by atoms with Gasteiger partial charge in [0.1, 0.15) is 0 Å². The second kappa shape index (κ2) is 4.08. The van der Waals surface area contributed by atoms with Crippen LogP contribution in [-0.2, 0) is 6.42 Å². The van der Waals surface area contributed by atoms with Crippen LogP contribution in [-0.4, -0.2) is 11.1 Å². The molecule has 0 aliphatic heterocycles. The zero-order valence-electron chi connectivity index (χ0n) is 8.00. The van der Waals surface area contributed by atoms with E-state index in [9.17, 15) is 4.79 Å². The highest BCUT2D eigenvalue weighted by Gasteiger charge is 2.04. The maximum absolute atomic E-state index is 10.6. The van der Waals surface area contributed by atoms with Gasteiger partial charge in [0.2, 0.25) is 0 Å². The van der Waals surface area contributed by atoms with E-state index in [1.807, 2.05) is 13.0 Å². The first-order valence-electron chi connectivity index (χ1n) is 4.48. The van der Waals surface area contributed by atoms with E-state index in [0.29, 0.717) is 5.56 Å². The lowest BCUT2D eigenvalue weighted by Gasteiger charge is -2.04. The van der Waals surface area contributed by atoms with E-state index in [-0.39, 0.29) is 0 Å². The number of hydrogen-bond donors (Lipinski definition) is 1. The molecule has 70 valence electrons. The molecule has 0 aromatic heterocycles. The van der Waals surface area contributed by atoms with Gasteiger partial charge in [-0.25, -0.2) is 4.79 Å². The first-order chi connectivity index (χ1) is 6.15. The quantitative estimate of drug-likeness (QED) is 0.772. The average Bonchev–Trinajstić information content (AvgIpc) is 2.08. The molecule has 0 spiro atoms. The van der Waals surface area contributed by atoms with Crippen molar-refractivity contribution in [3.63, 3.8) is 0 Å². The van der Waals surface area contributed by atoms with Crippen molar-refractivity contribution in [1.29, 1.82) is 0 Å². The lowest BCUT2D eigenvalue weighted by atomic mass is 10.0. The molecule has 0 radical (unpaired) electrons. The van der Waals surface area contributed by atoms with E-state index in [4.69, 9.17) is 5.11 Å². The van der Waals surface area contributed by atoms with Crippen molar-refractivity contribution in [2.45, 2.75) is 26.7 Å². The van der Waals surface area contributed by atoms with Gasteiger partial charge in [-0.15, -0.1) is 0 Å². The minimum Gasteiger partial charge on any atom is -0.478 e. The zero-order chi connectivity index (χ0) is 9.84. The van der Waals surface area contributed by atoms with Crippen molar-refractivity contribution in [2.75, 3.05) is 0 Å². The number of carboxylic acids is 1. The highest BCUT2D eigenvalue weighted by molar-refractivity contribution is 5.87. The Morgan fingerprint density at radius 1 is 1.46 bits per heavy atom. The largest absolute Gasteiger partial charge is 0.478 e. The summed E-state index contributed by atoms with van der Waals surface area (Å²) in [6.07, 6.45) is 2.11. The van der Waals surface area contributed by atoms with Crippen LogP contribution in [0.3, 0.4) is 0 Å². The molecule has 1 rings (SSSR count). The van der Waals surface area contributed by atoms with Gasteiger partial charge in [0.25, 0.3) is 0 Å². The average molecular weight is 178 g/mol. The van der Waals surface area contributed by atoms with Crippen molar-refractivity contribution in [2.24, 2.45) is 0 Å². The topological polar surface area (TPSA) is 37.3 Å². The van der Waals surface area contributed by atoms with Crippen LogP contribution in [0, 0.1) is 6.92 Å².